The summed E-state index contributed by atoms with van der Waals surface area (Å²) in [5.41, 5.74) is 4.19. The van der Waals surface area contributed by atoms with Gasteiger partial charge in [0.05, 0.1) is 12.3 Å². The molecule has 1 saturated heterocycles. The second-order valence-corrected chi connectivity index (χ2v) is 10.4. The van der Waals surface area contributed by atoms with Crippen LogP contribution in [-0.2, 0) is 19.1 Å². The second-order valence-electron chi connectivity index (χ2n) is 9.45. The van der Waals surface area contributed by atoms with Crippen LogP contribution in [0, 0.1) is 5.41 Å². The van der Waals surface area contributed by atoms with Crippen molar-refractivity contribution in [3.63, 3.8) is 0 Å². The molecule has 3 aromatic rings. The van der Waals surface area contributed by atoms with Crippen molar-refractivity contribution in [1.82, 2.24) is 5.43 Å². The van der Waals surface area contributed by atoms with Gasteiger partial charge in [0.15, 0.2) is 11.3 Å². The highest BCUT2D eigenvalue weighted by Crippen LogP contribution is 2.71. The van der Waals surface area contributed by atoms with E-state index in [4.69, 9.17) is 4.74 Å². The van der Waals surface area contributed by atoms with Crippen LogP contribution < -0.4 is 10.3 Å². The smallest absolute Gasteiger partial charge is 0.355 e. The topological polar surface area (TPSA) is 88.1 Å². The van der Waals surface area contributed by atoms with Crippen LogP contribution in [0.15, 0.2) is 82.4 Å². The SMILES string of the molecule is CCOC(=O)C1=NNC23C(=O)N(c4ccc(Br)cc4)C(=O)C12C1c2ccccc2C3c2ccccc21. The molecule has 178 valence electrons. The van der Waals surface area contributed by atoms with Gasteiger partial charge in [0.25, 0.3) is 11.8 Å². The van der Waals surface area contributed by atoms with Crippen LogP contribution >= 0.6 is 15.9 Å². The lowest BCUT2D eigenvalue weighted by Gasteiger charge is -2.55. The molecule has 0 aromatic heterocycles. The number of halogens is 1. The first-order valence-electron chi connectivity index (χ1n) is 11.8. The van der Waals surface area contributed by atoms with Gasteiger partial charge in [0.1, 0.15) is 5.41 Å². The third-order valence-electron chi connectivity index (χ3n) is 8.08. The molecule has 2 heterocycles. The number of hydrazone groups is 1. The van der Waals surface area contributed by atoms with Crippen LogP contribution in [-0.4, -0.2) is 35.6 Å². The average molecular weight is 542 g/mol. The van der Waals surface area contributed by atoms with Crippen LogP contribution in [0.4, 0.5) is 5.69 Å². The Bertz CT molecular complexity index is 1490. The van der Waals surface area contributed by atoms with Gasteiger partial charge in [-0.1, -0.05) is 64.5 Å². The van der Waals surface area contributed by atoms with E-state index in [9.17, 15) is 14.4 Å². The minimum atomic E-state index is -1.59. The molecule has 2 unspecified atom stereocenters. The summed E-state index contributed by atoms with van der Waals surface area (Å²) in [6.07, 6.45) is 0. The highest BCUT2D eigenvalue weighted by atomic mass is 79.9. The average Bonchev–Trinajstić information content (AvgIpc) is 3.36. The fourth-order valence-corrected chi connectivity index (χ4v) is 7.18. The minimum absolute atomic E-state index is 0.0404. The number of ether oxygens (including phenoxy) is 1. The molecule has 2 aliphatic heterocycles. The molecule has 1 fully saturated rings. The van der Waals surface area contributed by atoms with Crippen molar-refractivity contribution >= 4 is 45.1 Å². The Kier molecular flexibility index (Phi) is 4.26. The highest BCUT2D eigenvalue weighted by Gasteiger charge is 2.85. The van der Waals surface area contributed by atoms with Gasteiger partial charge in [-0.15, -0.1) is 0 Å². The zero-order valence-electron chi connectivity index (χ0n) is 19.2. The molecule has 2 bridgehead atoms. The summed E-state index contributed by atoms with van der Waals surface area (Å²) in [7, 11) is 0. The van der Waals surface area contributed by atoms with Crippen molar-refractivity contribution in [2.24, 2.45) is 10.5 Å². The van der Waals surface area contributed by atoms with E-state index in [1.807, 2.05) is 48.5 Å². The predicted octanol–water partition coefficient (Wildman–Crippen LogP) is 3.86. The highest BCUT2D eigenvalue weighted by molar-refractivity contribution is 9.10. The van der Waals surface area contributed by atoms with Crippen molar-refractivity contribution in [2.45, 2.75) is 24.3 Å². The van der Waals surface area contributed by atoms with Gasteiger partial charge >= 0.3 is 5.97 Å². The summed E-state index contributed by atoms with van der Waals surface area (Å²) in [5, 5.41) is 4.43. The van der Waals surface area contributed by atoms with Gasteiger partial charge in [-0.05, 0) is 53.4 Å². The maximum Gasteiger partial charge on any atom is 0.355 e. The Morgan fingerprint density at radius 3 is 2.03 bits per heavy atom. The van der Waals surface area contributed by atoms with Gasteiger partial charge in [-0.25, -0.2) is 9.69 Å². The molecule has 7 nitrogen and oxygen atoms in total. The molecule has 2 atom stereocenters. The van der Waals surface area contributed by atoms with E-state index in [-0.39, 0.29) is 12.3 Å². The summed E-state index contributed by atoms with van der Waals surface area (Å²) in [4.78, 5) is 43.9. The minimum Gasteiger partial charge on any atom is -0.461 e. The summed E-state index contributed by atoms with van der Waals surface area (Å²) < 4.78 is 6.23. The van der Waals surface area contributed by atoms with Crippen LogP contribution in [0.2, 0.25) is 0 Å². The number of carbonyl (C=O) groups is 3. The molecule has 0 saturated carbocycles. The van der Waals surface area contributed by atoms with Crippen molar-refractivity contribution in [1.29, 1.82) is 0 Å². The first-order chi connectivity index (χ1) is 17.5. The van der Waals surface area contributed by atoms with Crippen LogP contribution in [0.1, 0.15) is 41.0 Å². The van der Waals surface area contributed by atoms with E-state index in [0.29, 0.717) is 5.69 Å². The Balaban J connectivity index is 1.59. The van der Waals surface area contributed by atoms with Gasteiger partial charge in [-0.3, -0.25) is 15.0 Å². The lowest BCUT2D eigenvalue weighted by Crippen LogP contribution is -2.69. The monoisotopic (exact) mass is 541 g/mol. The van der Waals surface area contributed by atoms with E-state index in [1.165, 1.54) is 4.90 Å². The Morgan fingerprint density at radius 2 is 1.47 bits per heavy atom. The maximum atomic E-state index is 14.7. The molecule has 3 aromatic carbocycles. The molecule has 8 rings (SSSR count). The van der Waals surface area contributed by atoms with E-state index in [0.717, 1.165) is 26.7 Å². The quantitative estimate of drug-likeness (QED) is 0.401. The number of benzene rings is 3. The predicted molar refractivity (Wildman–Crippen MR) is 136 cm³/mol. The zero-order valence-corrected chi connectivity index (χ0v) is 20.8. The molecule has 3 aliphatic carbocycles. The second kappa shape index (κ2) is 7.13. The Hall–Kier alpha value is -3.78. The molecule has 0 spiro atoms. The fraction of sp³-hybridized carbons (Fsp3) is 0.214. The van der Waals surface area contributed by atoms with E-state index >= 15 is 0 Å². The summed E-state index contributed by atoms with van der Waals surface area (Å²) in [6.45, 7) is 1.83. The first-order valence-corrected chi connectivity index (χ1v) is 12.6. The Morgan fingerprint density at radius 1 is 0.917 bits per heavy atom. The standard InChI is InChI=1S/C28H20BrN3O4/c1-2-36-24(33)23-27-21-17-7-3-5-9-19(17)22(20-10-6-4-8-18(20)21)28(27,31-30-23)26(35)32(25(27)34)16-13-11-15(29)12-14-16/h3-14,21-22,31H,2H2,1H3. The van der Waals surface area contributed by atoms with Gasteiger partial charge in [0, 0.05) is 16.3 Å². The van der Waals surface area contributed by atoms with Crippen LogP contribution in [0.25, 0.3) is 0 Å². The number of amides is 2. The number of nitrogens with one attached hydrogen (secondary N) is 1. The lowest BCUT2D eigenvalue weighted by atomic mass is 9.43. The largest absolute Gasteiger partial charge is 0.461 e. The number of carbonyl (C=O) groups excluding carboxylic acids is 3. The third-order valence-corrected chi connectivity index (χ3v) is 8.60. The molecule has 1 N–H and O–H groups in total. The molecule has 0 radical (unpaired) electrons. The van der Waals surface area contributed by atoms with Gasteiger partial charge in [0.2, 0.25) is 0 Å². The Labute approximate surface area is 215 Å². The van der Waals surface area contributed by atoms with E-state index in [1.54, 1.807) is 31.2 Å². The molecule has 5 aliphatic rings. The van der Waals surface area contributed by atoms with Gasteiger partial charge in [-0.2, -0.15) is 5.10 Å². The van der Waals surface area contributed by atoms with Crippen LogP contribution in [0.3, 0.4) is 0 Å². The summed E-state index contributed by atoms with van der Waals surface area (Å²) in [6, 6.07) is 22.8. The summed E-state index contributed by atoms with van der Waals surface area (Å²) >= 11 is 3.42. The molecular formula is C28H20BrN3O4. The number of hydrogen-bond acceptors (Lipinski definition) is 6. The number of imide groups is 1. The maximum absolute atomic E-state index is 14.7. The number of anilines is 1. The van der Waals surface area contributed by atoms with Gasteiger partial charge < -0.3 is 4.74 Å². The van der Waals surface area contributed by atoms with Crippen molar-refractivity contribution in [3.8, 4) is 0 Å². The van der Waals surface area contributed by atoms with E-state index < -0.39 is 40.6 Å². The van der Waals surface area contributed by atoms with Crippen LogP contribution in [0.5, 0.6) is 0 Å². The molecule has 8 heteroatoms. The normalized spacial score (nSPS) is 28.6. The fourth-order valence-electron chi connectivity index (χ4n) is 6.91. The number of rotatable bonds is 3. The molecule has 36 heavy (non-hydrogen) atoms. The van der Waals surface area contributed by atoms with Crippen molar-refractivity contribution in [2.75, 3.05) is 11.5 Å². The third kappa shape index (κ3) is 2.20. The zero-order chi connectivity index (χ0) is 24.8. The number of hydrogen-bond donors (Lipinski definition) is 1. The summed E-state index contributed by atoms with van der Waals surface area (Å²) in [5.74, 6) is -2.69. The number of nitrogens with zero attached hydrogens (tertiary/aromatic N) is 2. The van der Waals surface area contributed by atoms with Crippen molar-refractivity contribution < 1.29 is 19.1 Å². The number of esters is 1. The first kappa shape index (κ1) is 21.5. The van der Waals surface area contributed by atoms with Crippen molar-refractivity contribution in [3.05, 3.63) is 99.5 Å². The van der Waals surface area contributed by atoms with E-state index in [2.05, 4.69) is 26.5 Å². The lowest BCUT2D eigenvalue weighted by molar-refractivity contribution is -0.137. The molecular weight excluding hydrogens is 522 g/mol. The molecule has 2 amide bonds.